The van der Waals surface area contributed by atoms with Crippen molar-refractivity contribution in [1.29, 1.82) is 0 Å². The summed E-state index contributed by atoms with van der Waals surface area (Å²) in [4.78, 5) is 14.7. The third kappa shape index (κ3) is 3.81. The van der Waals surface area contributed by atoms with Gasteiger partial charge in [0.25, 0.3) is 0 Å². The molecule has 4 heteroatoms. The number of nitrogens with two attached hydrogens (primary N) is 1. The highest BCUT2D eigenvalue weighted by molar-refractivity contribution is 5.73. The number of nitrogens with zero attached hydrogens (tertiary/aromatic N) is 1. The van der Waals surface area contributed by atoms with Gasteiger partial charge in [-0.2, -0.15) is 0 Å². The molecule has 0 aliphatic carbocycles. The third-order valence-electron chi connectivity index (χ3n) is 1.93. The van der Waals surface area contributed by atoms with E-state index in [2.05, 4.69) is 10.3 Å². The van der Waals surface area contributed by atoms with Gasteiger partial charge in [-0.05, 0) is 24.6 Å². The smallest absolute Gasteiger partial charge is 0.217 e. The molecule has 0 aromatic carbocycles. The quantitative estimate of drug-likeness (QED) is 0.777. The molecule has 1 aromatic heterocycles. The Kier molecular flexibility index (Phi) is 3.85. The second-order valence-electron chi connectivity index (χ2n) is 3.31. The van der Waals surface area contributed by atoms with E-state index >= 15 is 0 Å². The van der Waals surface area contributed by atoms with Crippen molar-refractivity contribution < 1.29 is 4.79 Å². The van der Waals surface area contributed by atoms with Crippen LogP contribution in [0, 0.1) is 6.92 Å². The first-order valence-corrected chi connectivity index (χ1v) is 4.72. The molecule has 0 aliphatic rings. The Morgan fingerprint density at radius 3 is 3.00 bits per heavy atom. The molecule has 0 fully saturated rings. The van der Waals surface area contributed by atoms with Gasteiger partial charge in [0.05, 0.1) is 17.6 Å². The fourth-order valence-electron chi connectivity index (χ4n) is 1.06. The molecule has 1 rings (SSSR count). The Morgan fingerprint density at radius 2 is 2.40 bits per heavy atom. The van der Waals surface area contributed by atoms with E-state index in [1.807, 2.05) is 25.1 Å². The van der Waals surface area contributed by atoms with Crippen LogP contribution in [0.25, 0.3) is 6.08 Å². The Balaban J connectivity index is 2.57. The summed E-state index contributed by atoms with van der Waals surface area (Å²) in [6.45, 7) is 3.93. The number of nitrogen functional groups attached to an aromatic ring is 1. The van der Waals surface area contributed by atoms with E-state index in [0.717, 1.165) is 11.3 Å². The van der Waals surface area contributed by atoms with Crippen molar-refractivity contribution in [3.05, 3.63) is 29.6 Å². The summed E-state index contributed by atoms with van der Waals surface area (Å²) in [6.07, 6.45) is 5.33. The third-order valence-corrected chi connectivity index (χ3v) is 1.93. The average molecular weight is 205 g/mol. The fourth-order valence-corrected chi connectivity index (χ4v) is 1.06. The molecule has 0 spiro atoms. The number of hydrogen-bond donors (Lipinski definition) is 2. The minimum Gasteiger partial charge on any atom is -0.397 e. The first kappa shape index (κ1) is 11.2. The molecule has 4 nitrogen and oxygen atoms in total. The fraction of sp³-hybridized carbons (Fsp3) is 0.273. The van der Waals surface area contributed by atoms with E-state index < -0.39 is 0 Å². The van der Waals surface area contributed by atoms with Crippen molar-refractivity contribution >= 4 is 17.7 Å². The molecule has 1 aromatic rings. The van der Waals surface area contributed by atoms with Crippen LogP contribution in [0.15, 0.2) is 18.3 Å². The van der Waals surface area contributed by atoms with Crippen LogP contribution in [-0.2, 0) is 4.79 Å². The van der Waals surface area contributed by atoms with Gasteiger partial charge in [0.2, 0.25) is 5.91 Å². The minimum atomic E-state index is -0.0407. The zero-order valence-electron chi connectivity index (χ0n) is 8.95. The number of carbonyl (C=O) groups is 1. The topological polar surface area (TPSA) is 68.0 Å². The second-order valence-corrected chi connectivity index (χ2v) is 3.31. The minimum absolute atomic E-state index is 0.0407. The van der Waals surface area contributed by atoms with Crippen molar-refractivity contribution in [2.24, 2.45) is 0 Å². The van der Waals surface area contributed by atoms with Crippen LogP contribution in [0.5, 0.6) is 0 Å². The van der Waals surface area contributed by atoms with Crippen LogP contribution in [0.4, 0.5) is 5.69 Å². The summed E-state index contributed by atoms with van der Waals surface area (Å²) in [5, 5.41) is 2.66. The maximum atomic E-state index is 10.6. The van der Waals surface area contributed by atoms with Crippen LogP contribution in [-0.4, -0.2) is 17.4 Å². The van der Waals surface area contributed by atoms with Crippen LogP contribution in [0.1, 0.15) is 18.2 Å². The van der Waals surface area contributed by atoms with Gasteiger partial charge < -0.3 is 11.1 Å². The second kappa shape index (κ2) is 5.14. The lowest BCUT2D eigenvalue weighted by molar-refractivity contribution is -0.118. The van der Waals surface area contributed by atoms with E-state index in [4.69, 9.17) is 5.73 Å². The van der Waals surface area contributed by atoms with Gasteiger partial charge in [-0.25, -0.2) is 0 Å². The Morgan fingerprint density at radius 1 is 1.67 bits per heavy atom. The predicted molar refractivity (Wildman–Crippen MR) is 61.1 cm³/mol. The number of anilines is 1. The molecule has 0 radical (unpaired) electrons. The number of hydrogen-bond acceptors (Lipinski definition) is 3. The lowest BCUT2D eigenvalue weighted by Crippen LogP contribution is -2.19. The van der Waals surface area contributed by atoms with Gasteiger partial charge in [-0.1, -0.05) is 6.08 Å². The summed E-state index contributed by atoms with van der Waals surface area (Å²) in [5.74, 6) is -0.0407. The molecule has 0 bridgehead atoms. The molecule has 15 heavy (non-hydrogen) atoms. The lowest BCUT2D eigenvalue weighted by Gasteiger charge is -2.00. The van der Waals surface area contributed by atoms with E-state index in [1.165, 1.54) is 6.92 Å². The maximum Gasteiger partial charge on any atom is 0.217 e. The first-order valence-electron chi connectivity index (χ1n) is 4.72. The van der Waals surface area contributed by atoms with Crippen LogP contribution < -0.4 is 11.1 Å². The monoisotopic (exact) mass is 205 g/mol. The Labute approximate surface area is 89.2 Å². The summed E-state index contributed by atoms with van der Waals surface area (Å²) in [6, 6.07) is 1.90. The van der Waals surface area contributed by atoms with Crippen molar-refractivity contribution in [3.63, 3.8) is 0 Å². The number of aryl methyl sites for hydroxylation is 1. The van der Waals surface area contributed by atoms with Gasteiger partial charge in [-0.3, -0.25) is 9.78 Å². The van der Waals surface area contributed by atoms with Crippen molar-refractivity contribution in [1.82, 2.24) is 10.3 Å². The van der Waals surface area contributed by atoms with Crippen molar-refractivity contribution in [3.8, 4) is 0 Å². The van der Waals surface area contributed by atoms with E-state index in [-0.39, 0.29) is 5.91 Å². The Bertz CT molecular complexity index is 385. The standard InChI is InChI=1S/C11H15N3O/c1-8-6-10(14-7-11(8)12)4-3-5-13-9(2)15/h3-4,6-7H,5,12H2,1-2H3,(H,13,15). The van der Waals surface area contributed by atoms with E-state index in [9.17, 15) is 4.79 Å². The van der Waals surface area contributed by atoms with Crippen LogP contribution in [0.2, 0.25) is 0 Å². The lowest BCUT2D eigenvalue weighted by atomic mass is 10.2. The van der Waals surface area contributed by atoms with Gasteiger partial charge in [0.15, 0.2) is 0 Å². The zero-order valence-corrected chi connectivity index (χ0v) is 8.95. The van der Waals surface area contributed by atoms with E-state index in [1.54, 1.807) is 6.20 Å². The number of aromatic nitrogens is 1. The average Bonchev–Trinajstić information content (AvgIpc) is 2.18. The number of rotatable bonds is 3. The van der Waals surface area contributed by atoms with Crippen LogP contribution >= 0.6 is 0 Å². The van der Waals surface area contributed by atoms with Crippen LogP contribution in [0.3, 0.4) is 0 Å². The highest BCUT2D eigenvalue weighted by Crippen LogP contribution is 2.10. The molecule has 0 saturated carbocycles. The molecule has 1 heterocycles. The number of amides is 1. The molecular weight excluding hydrogens is 190 g/mol. The molecule has 3 N–H and O–H groups in total. The normalized spacial score (nSPS) is 10.5. The Hall–Kier alpha value is -1.84. The summed E-state index contributed by atoms with van der Waals surface area (Å²) < 4.78 is 0. The number of nitrogens with one attached hydrogen (secondary N) is 1. The van der Waals surface area contributed by atoms with Crippen molar-refractivity contribution in [2.45, 2.75) is 13.8 Å². The molecule has 0 saturated heterocycles. The summed E-state index contributed by atoms with van der Waals surface area (Å²) in [7, 11) is 0. The number of pyridine rings is 1. The highest BCUT2D eigenvalue weighted by Gasteiger charge is 1.94. The molecule has 0 aliphatic heterocycles. The largest absolute Gasteiger partial charge is 0.397 e. The van der Waals surface area contributed by atoms with Crippen molar-refractivity contribution in [2.75, 3.05) is 12.3 Å². The van der Waals surface area contributed by atoms with Gasteiger partial charge in [-0.15, -0.1) is 0 Å². The number of carbonyl (C=O) groups excluding carboxylic acids is 1. The maximum absolute atomic E-state index is 10.6. The first-order chi connectivity index (χ1) is 7.09. The molecule has 0 atom stereocenters. The summed E-state index contributed by atoms with van der Waals surface area (Å²) in [5.41, 5.74) is 8.17. The molecule has 1 amide bonds. The molecule has 80 valence electrons. The zero-order chi connectivity index (χ0) is 11.3. The summed E-state index contributed by atoms with van der Waals surface area (Å²) >= 11 is 0. The SMILES string of the molecule is CC(=O)NCC=Cc1cc(C)c(N)cn1. The highest BCUT2D eigenvalue weighted by atomic mass is 16.1. The predicted octanol–water partition coefficient (Wildman–Crippen LogP) is 1.12. The molecular formula is C11H15N3O. The molecule has 0 unspecified atom stereocenters. The van der Waals surface area contributed by atoms with Gasteiger partial charge in [0.1, 0.15) is 0 Å². The van der Waals surface area contributed by atoms with Gasteiger partial charge >= 0.3 is 0 Å². The van der Waals surface area contributed by atoms with Gasteiger partial charge in [0, 0.05) is 13.5 Å². The van der Waals surface area contributed by atoms with E-state index in [0.29, 0.717) is 12.2 Å².